The number of hydrogen-bond acceptors (Lipinski definition) is 13. The predicted octanol–water partition coefficient (Wildman–Crippen LogP) is 3.59. The van der Waals surface area contributed by atoms with E-state index in [2.05, 4.69) is 36.9 Å². The van der Waals surface area contributed by atoms with Gasteiger partial charge in [0.15, 0.2) is 0 Å². The predicted molar refractivity (Wildman–Crippen MR) is 269 cm³/mol. The number of anilines is 3. The maximum Gasteiger partial charge on any atom is 0.255 e. The number of fused-ring (bicyclic) bond motifs is 1. The number of nitrogens with two attached hydrogens (primary N) is 4. The number of aromatic hydroxyl groups is 1. The molecule has 4 aromatic carbocycles. The van der Waals surface area contributed by atoms with E-state index in [1.165, 1.54) is 68.8 Å². The molecule has 5 aromatic rings. The topological polar surface area (TPSA) is 350 Å². The largest absolute Gasteiger partial charge is 0.507 e. The van der Waals surface area contributed by atoms with Crippen molar-refractivity contribution in [3.8, 4) is 17.2 Å². The number of phenols is 1. The van der Waals surface area contributed by atoms with E-state index in [1.54, 1.807) is 18.3 Å². The number of methoxy groups -OCH3 is 2. The molecule has 0 saturated carbocycles. The van der Waals surface area contributed by atoms with Gasteiger partial charge in [0.05, 0.1) is 36.5 Å². The zero-order valence-corrected chi connectivity index (χ0v) is 39.7. The SMILES string of the molecule is COc1ccc(NC(=O)C(CCCCN)NC(=O)c2cc(NC(=O)C(CCCCN)NC(=O)c3cc(NC(=O)C(CCCCN)NC(=O)c4c[nH]c5ccccc45)ccc3O)ccc2OC)cc1C(N)=O. The Bertz CT molecular complexity index is 2690. The van der Waals surface area contributed by atoms with Crippen molar-refractivity contribution in [2.45, 2.75) is 75.9 Å². The number of H-pyrrole nitrogens is 1. The highest BCUT2D eigenvalue weighted by atomic mass is 16.5. The number of benzene rings is 4. The lowest BCUT2D eigenvalue weighted by molar-refractivity contribution is -0.118. The summed E-state index contributed by atoms with van der Waals surface area (Å²) < 4.78 is 10.7. The average molecular weight is 978 g/mol. The molecule has 0 bridgehead atoms. The fraction of sp³-hybridized carbons (Fsp3) is 0.340. The second-order valence-electron chi connectivity index (χ2n) is 16.6. The van der Waals surface area contributed by atoms with Crippen LogP contribution < -0.4 is 64.3 Å². The number of carbonyl (C=O) groups is 7. The molecule has 7 amide bonds. The number of aromatic amines is 1. The Hall–Kier alpha value is -8.01. The van der Waals surface area contributed by atoms with Crippen LogP contribution in [0.15, 0.2) is 85.1 Å². The third-order valence-corrected chi connectivity index (χ3v) is 11.5. The quantitative estimate of drug-likeness (QED) is 0.0265. The molecular formula is C50H63N11O10. The van der Waals surface area contributed by atoms with Crippen molar-refractivity contribution >= 4 is 69.3 Å². The number of phenolic OH excluding ortho intramolecular Hbond substituents is 1. The van der Waals surface area contributed by atoms with Crippen molar-refractivity contribution in [2.75, 3.05) is 49.8 Å². The van der Waals surface area contributed by atoms with Gasteiger partial charge in [0.2, 0.25) is 17.7 Å². The molecule has 21 heteroatoms. The molecule has 0 aliphatic carbocycles. The summed E-state index contributed by atoms with van der Waals surface area (Å²) in [6.45, 7) is 1.06. The summed E-state index contributed by atoms with van der Waals surface area (Å²) in [5, 5.41) is 28.0. The molecule has 1 heterocycles. The number of unbranched alkanes of at least 4 members (excludes halogenated alkanes) is 3. The number of amides is 7. The Kier molecular flexibility index (Phi) is 20.3. The monoisotopic (exact) mass is 977 g/mol. The van der Waals surface area contributed by atoms with E-state index in [0.29, 0.717) is 69.1 Å². The number of aromatic nitrogens is 1. The molecule has 3 atom stereocenters. The van der Waals surface area contributed by atoms with Crippen LogP contribution in [-0.4, -0.2) is 103 Å². The number of hydrogen-bond donors (Lipinski definition) is 12. The van der Waals surface area contributed by atoms with Gasteiger partial charge in [0, 0.05) is 34.2 Å². The van der Waals surface area contributed by atoms with E-state index in [-0.39, 0.29) is 64.5 Å². The van der Waals surface area contributed by atoms with Gasteiger partial charge in [0.25, 0.3) is 23.6 Å². The van der Waals surface area contributed by atoms with Crippen LogP contribution in [-0.2, 0) is 14.4 Å². The molecular weight excluding hydrogens is 915 g/mol. The van der Waals surface area contributed by atoms with Gasteiger partial charge < -0.3 is 74.4 Å². The first kappa shape index (κ1) is 53.9. The minimum Gasteiger partial charge on any atom is -0.507 e. The first-order valence-electron chi connectivity index (χ1n) is 23.2. The van der Waals surface area contributed by atoms with Gasteiger partial charge in [-0.1, -0.05) is 18.2 Å². The normalized spacial score (nSPS) is 12.2. The van der Waals surface area contributed by atoms with Crippen LogP contribution in [0.3, 0.4) is 0 Å². The molecule has 378 valence electrons. The van der Waals surface area contributed by atoms with Crippen molar-refractivity contribution in [1.29, 1.82) is 0 Å². The number of rotatable bonds is 27. The van der Waals surface area contributed by atoms with Gasteiger partial charge in [0.1, 0.15) is 35.4 Å². The van der Waals surface area contributed by atoms with Crippen LogP contribution in [0.5, 0.6) is 17.2 Å². The summed E-state index contributed by atoms with van der Waals surface area (Å²) >= 11 is 0. The van der Waals surface area contributed by atoms with Crippen LogP contribution >= 0.6 is 0 Å². The highest BCUT2D eigenvalue weighted by molar-refractivity contribution is 6.09. The zero-order valence-electron chi connectivity index (χ0n) is 39.7. The van der Waals surface area contributed by atoms with Gasteiger partial charge in [-0.2, -0.15) is 0 Å². The van der Waals surface area contributed by atoms with E-state index < -0.39 is 65.2 Å². The number of primary amides is 1. The van der Waals surface area contributed by atoms with Crippen molar-refractivity contribution < 1.29 is 48.1 Å². The molecule has 0 saturated heterocycles. The maximum atomic E-state index is 14.0. The van der Waals surface area contributed by atoms with E-state index in [1.807, 2.05) is 12.1 Å². The number of carbonyl (C=O) groups excluding carboxylic acids is 7. The zero-order chi connectivity index (χ0) is 51.5. The van der Waals surface area contributed by atoms with Gasteiger partial charge in [-0.3, -0.25) is 33.6 Å². The Morgan fingerprint density at radius 2 is 0.944 bits per heavy atom. The molecule has 21 nitrogen and oxygen atoms in total. The number of para-hydroxylation sites is 1. The van der Waals surface area contributed by atoms with Gasteiger partial charge in [-0.05, 0) is 138 Å². The minimum absolute atomic E-state index is 0.0333. The third kappa shape index (κ3) is 15.0. The van der Waals surface area contributed by atoms with Gasteiger partial charge in [-0.15, -0.1) is 0 Å². The third-order valence-electron chi connectivity index (χ3n) is 11.5. The molecule has 0 aliphatic heterocycles. The second-order valence-corrected chi connectivity index (χ2v) is 16.6. The molecule has 5 rings (SSSR count). The summed E-state index contributed by atoms with van der Waals surface area (Å²) in [5.41, 5.74) is 24.0. The fourth-order valence-corrected chi connectivity index (χ4v) is 7.68. The summed E-state index contributed by atoms with van der Waals surface area (Å²) in [6.07, 6.45) is 5.30. The lowest BCUT2D eigenvalue weighted by Gasteiger charge is -2.21. The first-order chi connectivity index (χ1) is 34.2. The average Bonchev–Trinajstić information content (AvgIpc) is 3.80. The van der Waals surface area contributed by atoms with Crippen LogP contribution in [0.1, 0.15) is 99.2 Å². The summed E-state index contributed by atoms with van der Waals surface area (Å²) in [4.78, 5) is 97.6. The van der Waals surface area contributed by atoms with E-state index >= 15 is 0 Å². The molecule has 71 heavy (non-hydrogen) atoms. The van der Waals surface area contributed by atoms with E-state index in [0.717, 1.165) is 5.52 Å². The molecule has 0 radical (unpaired) electrons. The molecule has 0 spiro atoms. The van der Waals surface area contributed by atoms with Crippen LogP contribution in [0.4, 0.5) is 17.1 Å². The standard InChI is InChI=1S/C50H63N11O10/c1-70-42-20-17-30(26-34(42)44(54)63)57-49(68)39(14-6-9-23-52)60-46(65)35-27-31(18-21-43(35)71-2)58-48(67)38(13-5-8-22-51)59-45(64)33-25-29(16-19-41(33)62)56-50(69)40(15-7-10-24-53)61-47(66)36-28-55-37-12-4-3-11-32(36)37/h3-4,11-12,16-21,25-28,38-40,55,62H,5-10,13-15,22-24,51-53H2,1-2H3,(H2,54,63)(H,56,69)(H,57,68)(H,58,67)(H,59,64)(H,60,65)(H,61,66). The Morgan fingerprint density at radius 3 is 1.41 bits per heavy atom. The van der Waals surface area contributed by atoms with Gasteiger partial charge in [-0.25, -0.2) is 0 Å². The highest BCUT2D eigenvalue weighted by Crippen LogP contribution is 2.27. The summed E-state index contributed by atoms with van der Waals surface area (Å²) in [7, 11) is 2.72. The highest BCUT2D eigenvalue weighted by Gasteiger charge is 2.28. The minimum atomic E-state index is -1.18. The van der Waals surface area contributed by atoms with E-state index in [4.69, 9.17) is 32.4 Å². The fourth-order valence-electron chi connectivity index (χ4n) is 7.68. The Labute approximate surface area is 410 Å². The Morgan fingerprint density at radius 1 is 0.535 bits per heavy atom. The first-order valence-corrected chi connectivity index (χ1v) is 23.2. The molecule has 1 aromatic heterocycles. The van der Waals surface area contributed by atoms with Crippen molar-refractivity contribution in [3.05, 3.63) is 107 Å². The molecule has 0 fully saturated rings. The Balaban J connectivity index is 1.31. The van der Waals surface area contributed by atoms with Gasteiger partial charge >= 0.3 is 0 Å². The summed E-state index contributed by atoms with van der Waals surface area (Å²) in [5.74, 6) is -4.73. The number of ether oxygens (including phenoxy) is 2. The van der Waals surface area contributed by atoms with E-state index in [9.17, 15) is 38.7 Å². The van der Waals surface area contributed by atoms with Crippen molar-refractivity contribution in [2.24, 2.45) is 22.9 Å². The van der Waals surface area contributed by atoms with Crippen LogP contribution in [0.25, 0.3) is 10.9 Å². The van der Waals surface area contributed by atoms with Crippen LogP contribution in [0, 0.1) is 0 Å². The lowest BCUT2D eigenvalue weighted by Crippen LogP contribution is -2.44. The molecule has 0 aliphatic rings. The summed E-state index contributed by atoms with van der Waals surface area (Å²) in [6, 6.07) is 16.5. The molecule has 16 N–H and O–H groups in total. The maximum absolute atomic E-state index is 14.0. The smallest absolute Gasteiger partial charge is 0.255 e. The number of nitrogens with one attached hydrogen (secondary N) is 7. The van der Waals surface area contributed by atoms with Crippen molar-refractivity contribution in [1.82, 2.24) is 20.9 Å². The molecule has 3 unspecified atom stereocenters. The van der Waals surface area contributed by atoms with Crippen LogP contribution in [0.2, 0.25) is 0 Å². The lowest BCUT2D eigenvalue weighted by atomic mass is 10.1. The van der Waals surface area contributed by atoms with Crippen molar-refractivity contribution in [3.63, 3.8) is 0 Å². The second kappa shape index (κ2) is 26.7.